The SMILES string of the molecule is O=S(=O)(NCc1cccnc1-c1ccncc1)c1cccc(C(F)(F)F)c1. The molecule has 0 radical (unpaired) electrons. The van der Waals surface area contributed by atoms with Gasteiger partial charge in [0.05, 0.1) is 16.2 Å². The fourth-order valence-corrected chi connectivity index (χ4v) is 3.50. The van der Waals surface area contributed by atoms with Crippen molar-refractivity contribution in [3.63, 3.8) is 0 Å². The van der Waals surface area contributed by atoms with E-state index in [2.05, 4.69) is 14.7 Å². The lowest BCUT2D eigenvalue weighted by atomic mass is 10.1. The quantitative estimate of drug-likeness (QED) is 0.718. The van der Waals surface area contributed by atoms with Crippen LogP contribution in [0, 0.1) is 0 Å². The van der Waals surface area contributed by atoms with Gasteiger partial charge in [0.1, 0.15) is 0 Å². The van der Waals surface area contributed by atoms with E-state index in [4.69, 9.17) is 0 Å². The van der Waals surface area contributed by atoms with E-state index < -0.39 is 26.7 Å². The molecule has 0 aliphatic heterocycles. The molecule has 0 amide bonds. The van der Waals surface area contributed by atoms with E-state index in [0.717, 1.165) is 23.8 Å². The van der Waals surface area contributed by atoms with Crippen molar-refractivity contribution in [2.75, 3.05) is 0 Å². The largest absolute Gasteiger partial charge is 0.416 e. The number of pyridine rings is 2. The lowest BCUT2D eigenvalue weighted by Gasteiger charge is -2.12. The maximum atomic E-state index is 12.8. The molecular weight excluding hydrogens is 379 g/mol. The third-order valence-electron chi connectivity index (χ3n) is 3.77. The summed E-state index contributed by atoms with van der Waals surface area (Å²) in [4.78, 5) is 7.73. The second kappa shape index (κ2) is 7.45. The average molecular weight is 393 g/mol. The number of aromatic nitrogens is 2. The highest BCUT2D eigenvalue weighted by atomic mass is 32.2. The highest BCUT2D eigenvalue weighted by molar-refractivity contribution is 7.89. The molecule has 27 heavy (non-hydrogen) atoms. The van der Waals surface area contributed by atoms with Gasteiger partial charge in [0.2, 0.25) is 10.0 Å². The Hall–Kier alpha value is -2.78. The fraction of sp³-hybridized carbons (Fsp3) is 0.111. The van der Waals surface area contributed by atoms with E-state index in [9.17, 15) is 21.6 Å². The summed E-state index contributed by atoms with van der Waals surface area (Å²) in [5, 5.41) is 0. The molecular formula is C18H14F3N3O2S. The van der Waals surface area contributed by atoms with Crippen LogP contribution in [0.3, 0.4) is 0 Å². The zero-order chi connectivity index (χ0) is 19.5. The molecule has 0 atom stereocenters. The number of nitrogens with one attached hydrogen (secondary N) is 1. The van der Waals surface area contributed by atoms with Crippen molar-refractivity contribution in [3.8, 4) is 11.3 Å². The normalized spacial score (nSPS) is 12.1. The topological polar surface area (TPSA) is 72.0 Å². The predicted molar refractivity (Wildman–Crippen MR) is 92.9 cm³/mol. The number of sulfonamides is 1. The first-order valence-electron chi connectivity index (χ1n) is 7.78. The van der Waals surface area contributed by atoms with E-state index in [1.54, 1.807) is 42.9 Å². The molecule has 3 rings (SSSR count). The van der Waals surface area contributed by atoms with Gasteiger partial charge in [0.15, 0.2) is 0 Å². The first-order valence-corrected chi connectivity index (χ1v) is 9.27. The molecule has 140 valence electrons. The number of halogens is 3. The van der Waals surface area contributed by atoms with Crippen molar-refractivity contribution in [1.29, 1.82) is 0 Å². The summed E-state index contributed by atoms with van der Waals surface area (Å²) in [6.07, 6.45) is 0.116. The Morgan fingerprint density at radius 1 is 0.963 bits per heavy atom. The van der Waals surface area contributed by atoms with Gasteiger partial charge in [-0.15, -0.1) is 0 Å². The Balaban J connectivity index is 1.85. The van der Waals surface area contributed by atoms with Crippen molar-refractivity contribution in [1.82, 2.24) is 14.7 Å². The molecule has 0 saturated heterocycles. The van der Waals surface area contributed by atoms with E-state index >= 15 is 0 Å². The van der Waals surface area contributed by atoms with E-state index in [0.29, 0.717) is 17.3 Å². The monoisotopic (exact) mass is 393 g/mol. The zero-order valence-corrected chi connectivity index (χ0v) is 14.6. The van der Waals surface area contributed by atoms with Gasteiger partial charge < -0.3 is 0 Å². The Labute approximate surface area is 154 Å². The highest BCUT2D eigenvalue weighted by Crippen LogP contribution is 2.30. The molecule has 1 N–H and O–H groups in total. The second-order valence-electron chi connectivity index (χ2n) is 5.60. The van der Waals surface area contributed by atoms with Crippen LogP contribution in [-0.2, 0) is 22.7 Å². The van der Waals surface area contributed by atoms with Crippen molar-refractivity contribution in [2.45, 2.75) is 17.6 Å². The second-order valence-corrected chi connectivity index (χ2v) is 7.36. The molecule has 5 nitrogen and oxygen atoms in total. The van der Waals surface area contributed by atoms with Crippen molar-refractivity contribution < 1.29 is 21.6 Å². The number of benzene rings is 1. The number of alkyl halides is 3. The van der Waals surface area contributed by atoms with Crippen molar-refractivity contribution in [2.24, 2.45) is 0 Å². The van der Waals surface area contributed by atoms with Crippen LogP contribution < -0.4 is 4.72 Å². The summed E-state index contributed by atoms with van der Waals surface area (Å²) in [6, 6.07) is 10.4. The van der Waals surface area contributed by atoms with Gasteiger partial charge >= 0.3 is 6.18 Å². The number of nitrogens with zero attached hydrogens (tertiary/aromatic N) is 2. The summed E-state index contributed by atoms with van der Waals surface area (Å²) < 4.78 is 65.6. The van der Waals surface area contributed by atoms with Crippen LogP contribution >= 0.6 is 0 Å². The number of rotatable bonds is 5. The van der Waals surface area contributed by atoms with Crippen LogP contribution in [0.15, 0.2) is 72.0 Å². The van der Waals surface area contributed by atoms with Crippen LogP contribution in [-0.4, -0.2) is 18.4 Å². The molecule has 1 aromatic carbocycles. The lowest BCUT2D eigenvalue weighted by Crippen LogP contribution is -2.24. The van der Waals surface area contributed by atoms with Crippen LogP contribution in [0.5, 0.6) is 0 Å². The Morgan fingerprint density at radius 3 is 2.41 bits per heavy atom. The average Bonchev–Trinajstić information content (AvgIpc) is 2.67. The van der Waals surface area contributed by atoms with E-state index in [-0.39, 0.29) is 6.54 Å². The standard InChI is InChI=1S/C18H14F3N3O2S/c19-18(20,21)15-4-1-5-16(11-15)27(25,26)24-12-14-3-2-8-23-17(14)13-6-9-22-10-7-13/h1-11,24H,12H2. The highest BCUT2D eigenvalue weighted by Gasteiger charge is 2.31. The smallest absolute Gasteiger partial charge is 0.265 e. The molecule has 2 heterocycles. The number of hydrogen-bond donors (Lipinski definition) is 1. The molecule has 0 bridgehead atoms. The van der Waals surface area contributed by atoms with Gasteiger partial charge in [-0.05, 0) is 42.0 Å². The van der Waals surface area contributed by atoms with Gasteiger partial charge in [-0.1, -0.05) is 12.1 Å². The van der Waals surface area contributed by atoms with E-state index in [1.807, 2.05) is 0 Å². The summed E-state index contributed by atoms with van der Waals surface area (Å²) in [5.41, 5.74) is 0.869. The van der Waals surface area contributed by atoms with Crippen LogP contribution in [0.25, 0.3) is 11.3 Å². The minimum atomic E-state index is -4.62. The summed E-state index contributed by atoms with van der Waals surface area (Å²) in [5.74, 6) is 0. The molecule has 0 aliphatic carbocycles. The Morgan fingerprint density at radius 2 is 1.70 bits per heavy atom. The van der Waals surface area contributed by atoms with Gasteiger partial charge in [0, 0.05) is 30.7 Å². The van der Waals surface area contributed by atoms with Gasteiger partial charge in [-0.25, -0.2) is 13.1 Å². The number of hydrogen-bond acceptors (Lipinski definition) is 4. The third kappa shape index (κ3) is 4.50. The van der Waals surface area contributed by atoms with Gasteiger partial charge in [0.25, 0.3) is 0 Å². The Kier molecular flexibility index (Phi) is 5.24. The maximum Gasteiger partial charge on any atom is 0.416 e. The molecule has 0 aliphatic rings. The molecule has 2 aromatic heterocycles. The summed E-state index contributed by atoms with van der Waals surface area (Å²) >= 11 is 0. The van der Waals surface area contributed by atoms with Gasteiger partial charge in [-0.3, -0.25) is 9.97 Å². The molecule has 0 spiro atoms. The third-order valence-corrected chi connectivity index (χ3v) is 5.17. The molecule has 0 saturated carbocycles. The van der Waals surface area contributed by atoms with Crippen molar-refractivity contribution in [3.05, 3.63) is 78.2 Å². The maximum absolute atomic E-state index is 12.8. The lowest BCUT2D eigenvalue weighted by molar-refractivity contribution is -0.137. The summed E-state index contributed by atoms with van der Waals surface area (Å²) in [6.45, 7) is -0.121. The molecule has 0 fully saturated rings. The molecule has 9 heteroatoms. The minimum absolute atomic E-state index is 0.121. The summed E-state index contributed by atoms with van der Waals surface area (Å²) in [7, 11) is -4.13. The van der Waals surface area contributed by atoms with Gasteiger partial charge in [-0.2, -0.15) is 13.2 Å². The zero-order valence-electron chi connectivity index (χ0n) is 13.8. The first kappa shape index (κ1) is 19.0. The molecule has 0 unspecified atom stereocenters. The first-order chi connectivity index (χ1) is 12.8. The van der Waals surface area contributed by atoms with Crippen LogP contribution in [0.2, 0.25) is 0 Å². The van der Waals surface area contributed by atoms with Crippen LogP contribution in [0.4, 0.5) is 13.2 Å². The predicted octanol–water partition coefficient (Wildman–Crippen LogP) is 3.64. The fourth-order valence-electron chi connectivity index (χ4n) is 2.45. The minimum Gasteiger partial charge on any atom is -0.265 e. The molecule has 3 aromatic rings. The Bertz CT molecular complexity index is 1040. The van der Waals surface area contributed by atoms with Crippen LogP contribution in [0.1, 0.15) is 11.1 Å². The van der Waals surface area contributed by atoms with E-state index in [1.165, 1.54) is 0 Å². The van der Waals surface area contributed by atoms with Crippen molar-refractivity contribution >= 4 is 10.0 Å².